The summed E-state index contributed by atoms with van der Waals surface area (Å²) in [6.45, 7) is 7.70. The number of β-lactam (4-membered cyclic amide) rings is 1. The third-order valence-electron chi connectivity index (χ3n) is 4.48. The number of amides is 1. The zero-order valence-electron chi connectivity index (χ0n) is 15.2. The Morgan fingerprint density at radius 3 is 2.69 bits per heavy atom. The number of hydrogen-bond acceptors (Lipinski definition) is 5. The van der Waals surface area contributed by atoms with Crippen LogP contribution >= 0.6 is 0 Å². The second-order valence-corrected chi connectivity index (χ2v) is 7.58. The molecule has 0 radical (unpaired) electrons. The topological polar surface area (TPSA) is 75.4 Å². The van der Waals surface area contributed by atoms with Gasteiger partial charge in [-0.3, -0.25) is 4.79 Å². The van der Waals surface area contributed by atoms with Gasteiger partial charge in [-0.2, -0.15) is 4.52 Å². The molecule has 0 aliphatic carbocycles. The lowest BCUT2D eigenvalue weighted by Crippen LogP contribution is -2.43. The van der Waals surface area contributed by atoms with Gasteiger partial charge in [0, 0.05) is 30.6 Å². The summed E-state index contributed by atoms with van der Waals surface area (Å²) in [6.07, 6.45) is 0.640. The Hall–Kier alpha value is -2.96. The zero-order valence-corrected chi connectivity index (χ0v) is 15.2. The molecule has 1 aliphatic rings. The molecule has 1 fully saturated rings. The molecule has 1 saturated heterocycles. The van der Waals surface area contributed by atoms with Crippen molar-refractivity contribution in [2.45, 2.75) is 39.2 Å². The fourth-order valence-corrected chi connectivity index (χ4v) is 2.97. The van der Waals surface area contributed by atoms with E-state index in [2.05, 4.69) is 41.4 Å². The van der Waals surface area contributed by atoms with Crippen molar-refractivity contribution in [3.05, 3.63) is 47.8 Å². The number of aromatic nitrogens is 4. The molecule has 1 aromatic carbocycles. The lowest BCUT2D eigenvalue weighted by molar-refractivity contribution is -0.122. The minimum Gasteiger partial charge on any atom is -0.365 e. The van der Waals surface area contributed by atoms with Gasteiger partial charge in [-0.15, -0.1) is 15.3 Å². The highest BCUT2D eigenvalue weighted by molar-refractivity contribution is 5.99. The number of nitrogens with zero attached hydrogens (tertiary/aromatic N) is 5. The van der Waals surface area contributed by atoms with Crippen LogP contribution in [0.2, 0.25) is 0 Å². The molecule has 7 heteroatoms. The van der Waals surface area contributed by atoms with Gasteiger partial charge in [0.1, 0.15) is 5.82 Å². The van der Waals surface area contributed by atoms with Crippen LogP contribution in [0.4, 0.5) is 11.5 Å². The Morgan fingerprint density at radius 1 is 1.15 bits per heavy atom. The summed E-state index contributed by atoms with van der Waals surface area (Å²) < 4.78 is 1.79. The first-order valence-electron chi connectivity index (χ1n) is 8.78. The maximum Gasteiger partial charge on any atom is 0.228 e. The van der Waals surface area contributed by atoms with Gasteiger partial charge in [0.05, 0.1) is 0 Å². The number of rotatable bonds is 4. The summed E-state index contributed by atoms with van der Waals surface area (Å²) in [5.41, 5.74) is 2.66. The molecular weight excluding hydrogens is 328 g/mol. The molecule has 4 rings (SSSR count). The van der Waals surface area contributed by atoms with Gasteiger partial charge in [0.15, 0.2) is 11.5 Å². The molecule has 2 aromatic heterocycles. The van der Waals surface area contributed by atoms with Crippen LogP contribution in [0, 0.1) is 0 Å². The van der Waals surface area contributed by atoms with E-state index in [1.54, 1.807) is 9.42 Å². The molecule has 1 N–H and O–H groups in total. The summed E-state index contributed by atoms with van der Waals surface area (Å²) in [6, 6.07) is 11.8. The molecule has 26 heavy (non-hydrogen) atoms. The van der Waals surface area contributed by atoms with Crippen LogP contribution in [0.25, 0.3) is 5.65 Å². The van der Waals surface area contributed by atoms with E-state index in [0.717, 1.165) is 35.1 Å². The average molecular weight is 350 g/mol. The number of nitrogens with one attached hydrogen (secondary N) is 1. The Kier molecular flexibility index (Phi) is 3.86. The van der Waals surface area contributed by atoms with Gasteiger partial charge in [-0.1, -0.05) is 32.9 Å². The van der Waals surface area contributed by atoms with E-state index in [4.69, 9.17) is 0 Å². The summed E-state index contributed by atoms with van der Waals surface area (Å²) >= 11 is 0. The van der Waals surface area contributed by atoms with Crippen molar-refractivity contribution in [1.29, 1.82) is 0 Å². The molecule has 0 unspecified atom stereocenters. The maximum absolute atomic E-state index is 11.6. The van der Waals surface area contributed by atoms with Gasteiger partial charge in [0.25, 0.3) is 0 Å². The Labute approximate surface area is 152 Å². The smallest absolute Gasteiger partial charge is 0.228 e. The van der Waals surface area contributed by atoms with Crippen molar-refractivity contribution in [2.24, 2.45) is 0 Å². The van der Waals surface area contributed by atoms with E-state index in [1.165, 1.54) is 0 Å². The van der Waals surface area contributed by atoms with Crippen molar-refractivity contribution in [1.82, 2.24) is 19.8 Å². The number of carbonyl (C=O) groups excluding carboxylic acids is 1. The minimum absolute atomic E-state index is 0.136. The number of carbonyl (C=O) groups is 1. The summed E-state index contributed by atoms with van der Waals surface area (Å²) in [4.78, 5) is 13.4. The van der Waals surface area contributed by atoms with Crippen LogP contribution in [0.3, 0.4) is 0 Å². The lowest BCUT2D eigenvalue weighted by Gasteiger charge is -2.30. The third kappa shape index (κ3) is 3.00. The van der Waals surface area contributed by atoms with E-state index in [9.17, 15) is 4.79 Å². The number of anilines is 2. The predicted molar refractivity (Wildman–Crippen MR) is 100 cm³/mol. The highest BCUT2D eigenvalue weighted by Gasteiger charge is 2.25. The first-order chi connectivity index (χ1) is 12.4. The van der Waals surface area contributed by atoms with E-state index >= 15 is 0 Å². The van der Waals surface area contributed by atoms with Crippen LogP contribution in [0.15, 0.2) is 36.4 Å². The quantitative estimate of drug-likeness (QED) is 0.732. The largest absolute Gasteiger partial charge is 0.365 e. The number of fused-ring (bicyclic) bond motifs is 1. The van der Waals surface area contributed by atoms with Crippen molar-refractivity contribution in [2.75, 3.05) is 16.8 Å². The van der Waals surface area contributed by atoms with E-state index < -0.39 is 0 Å². The second-order valence-electron chi connectivity index (χ2n) is 7.58. The van der Waals surface area contributed by atoms with E-state index in [1.807, 2.05) is 36.4 Å². The Balaban J connectivity index is 1.53. The molecule has 0 bridgehead atoms. The fraction of sp³-hybridized carbons (Fsp3) is 0.368. The standard InChI is InChI=1S/C19H22N6O/c1-19(2,3)18-22-21-16-8-7-15(23-25(16)18)20-12-13-5-4-6-14(11-13)24-10-9-17(24)26/h4-8,11H,9-10,12H2,1-3H3,(H,20,23). The van der Waals surface area contributed by atoms with Crippen LogP contribution in [0.5, 0.6) is 0 Å². The van der Waals surface area contributed by atoms with Gasteiger partial charge in [0.2, 0.25) is 5.91 Å². The normalized spacial score (nSPS) is 14.6. The molecule has 0 atom stereocenters. The molecule has 0 spiro atoms. The summed E-state index contributed by atoms with van der Waals surface area (Å²) in [7, 11) is 0. The lowest BCUT2D eigenvalue weighted by atomic mass is 9.96. The number of benzene rings is 1. The molecule has 7 nitrogen and oxygen atoms in total. The molecule has 134 valence electrons. The first-order valence-corrected chi connectivity index (χ1v) is 8.78. The van der Waals surface area contributed by atoms with Crippen LogP contribution in [-0.2, 0) is 16.8 Å². The van der Waals surface area contributed by atoms with E-state index in [0.29, 0.717) is 13.0 Å². The van der Waals surface area contributed by atoms with Crippen molar-refractivity contribution in [3.63, 3.8) is 0 Å². The Morgan fingerprint density at radius 2 is 2.00 bits per heavy atom. The van der Waals surface area contributed by atoms with Crippen molar-refractivity contribution < 1.29 is 4.79 Å². The molecule has 3 aromatic rings. The van der Waals surface area contributed by atoms with Gasteiger partial charge in [-0.25, -0.2) is 0 Å². The molecule has 3 heterocycles. The predicted octanol–water partition coefficient (Wildman–Crippen LogP) is 2.77. The van der Waals surface area contributed by atoms with Gasteiger partial charge < -0.3 is 10.2 Å². The number of hydrogen-bond donors (Lipinski definition) is 1. The Bertz CT molecular complexity index is 972. The minimum atomic E-state index is -0.136. The monoisotopic (exact) mass is 350 g/mol. The molecule has 0 saturated carbocycles. The third-order valence-corrected chi connectivity index (χ3v) is 4.48. The second kappa shape index (κ2) is 6.09. The molecule has 1 aliphatic heterocycles. The van der Waals surface area contributed by atoms with Crippen LogP contribution in [0.1, 0.15) is 38.6 Å². The summed E-state index contributed by atoms with van der Waals surface area (Å²) in [5.74, 6) is 1.77. The maximum atomic E-state index is 11.6. The summed E-state index contributed by atoms with van der Waals surface area (Å²) in [5, 5.41) is 16.4. The van der Waals surface area contributed by atoms with Crippen molar-refractivity contribution in [3.8, 4) is 0 Å². The zero-order chi connectivity index (χ0) is 18.3. The van der Waals surface area contributed by atoms with Gasteiger partial charge >= 0.3 is 0 Å². The molecule has 1 amide bonds. The highest BCUT2D eigenvalue weighted by Crippen LogP contribution is 2.23. The van der Waals surface area contributed by atoms with Crippen molar-refractivity contribution >= 4 is 23.1 Å². The first kappa shape index (κ1) is 16.5. The fourth-order valence-electron chi connectivity index (χ4n) is 2.97. The highest BCUT2D eigenvalue weighted by atomic mass is 16.2. The van der Waals surface area contributed by atoms with Gasteiger partial charge in [-0.05, 0) is 29.8 Å². The van der Waals surface area contributed by atoms with E-state index in [-0.39, 0.29) is 11.3 Å². The average Bonchev–Trinajstić information content (AvgIpc) is 3.02. The SMILES string of the molecule is CC(C)(C)c1nnc2ccc(NCc3cccc(N4CCC4=O)c3)nn12. The molecular formula is C19H22N6O. The van der Waals surface area contributed by atoms with Crippen LogP contribution < -0.4 is 10.2 Å². The van der Waals surface area contributed by atoms with Crippen LogP contribution in [-0.4, -0.2) is 32.3 Å².